The van der Waals surface area contributed by atoms with Gasteiger partial charge in [0.1, 0.15) is 5.82 Å². The molecular formula is C11H16FNO2S. The van der Waals surface area contributed by atoms with Crippen LogP contribution >= 0.6 is 0 Å². The number of nitrogens with two attached hydrogens (primary N) is 1. The van der Waals surface area contributed by atoms with Gasteiger partial charge in [-0.25, -0.2) is 12.8 Å². The Labute approximate surface area is 95.4 Å². The van der Waals surface area contributed by atoms with Crippen molar-refractivity contribution in [3.05, 3.63) is 35.6 Å². The highest BCUT2D eigenvalue weighted by Gasteiger charge is 2.27. The third-order valence-corrected chi connectivity index (χ3v) is 4.31. The molecule has 3 nitrogen and oxygen atoms in total. The number of benzene rings is 1. The summed E-state index contributed by atoms with van der Waals surface area (Å²) >= 11 is 0. The van der Waals surface area contributed by atoms with E-state index in [1.807, 2.05) is 0 Å². The summed E-state index contributed by atoms with van der Waals surface area (Å²) in [5.41, 5.74) is 6.37. The van der Waals surface area contributed by atoms with E-state index in [1.165, 1.54) is 18.2 Å². The Bertz CT molecular complexity index is 459. The monoisotopic (exact) mass is 245 g/mol. The summed E-state index contributed by atoms with van der Waals surface area (Å²) in [6.45, 7) is 1.75. The second kappa shape index (κ2) is 4.93. The topological polar surface area (TPSA) is 60.2 Å². The van der Waals surface area contributed by atoms with Crippen molar-refractivity contribution in [2.24, 2.45) is 5.73 Å². The average molecular weight is 245 g/mol. The van der Waals surface area contributed by atoms with E-state index in [0.29, 0.717) is 12.0 Å². The van der Waals surface area contributed by atoms with Crippen molar-refractivity contribution in [2.75, 3.05) is 6.26 Å². The van der Waals surface area contributed by atoms with Gasteiger partial charge in [0.2, 0.25) is 0 Å². The summed E-state index contributed by atoms with van der Waals surface area (Å²) in [6.07, 6.45) is 1.57. The maximum atomic E-state index is 13.0. The minimum atomic E-state index is -3.22. The first kappa shape index (κ1) is 13.1. The van der Waals surface area contributed by atoms with Gasteiger partial charge in [0.25, 0.3) is 0 Å². The van der Waals surface area contributed by atoms with E-state index in [2.05, 4.69) is 0 Å². The summed E-state index contributed by atoms with van der Waals surface area (Å²) in [5, 5.41) is -0.672. The van der Waals surface area contributed by atoms with Crippen LogP contribution in [0.1, 0.15) is 24.9 Å². The van der Waals surface area contributed by atoms with E-state index in [0.717, 1.165) is 6.26 Å². The molecule has 5 heteroatoms. The van der Waals surface area contributed by atoms with E-state index >= 15 is 0 Å². The van der Waals surface area contributed by atoms with E-state index < -0.39 is 26.9 Å². The van der Waals surface area contributed by atoms with Crippen molar-refractivity contribution in [2.45, 2.75) is 24.6 Å². The molecule has 0 aromatic heterocycles. The molecule has 0 aliphatic carbocycles. The SMILES string of the molecule is CC[C@@H]([C@@H](N)c1cccc(F)c1)S(C)(=O)=O. The van der Waals surface area contributed by atoms with Gasteiger partial charge in [-0.15, -0.1) is 0 Å². The van der Waals surface area contributed by atoms with Crippen LogP contribution in [0.15, 0.2) is 24.3 Å². The third kappa shape index (κ3) is 3.02. The molecule has 0 heterocycles. The zero-order chi connectivity index (χ0) is 12.3. The van der Waals surface area contributed by atoms with Gasteiger partial charge in [0.15, 0.2) is 9.84 Å². The summed E-state index contributed by atoms with van der Waals surface area (Å²) in [5.74, 6) is -0.406. The zero-order valence-corrected chi connectivity index (χ0v) is 10.2. The Morgan fingerprint density at radius 2 is 2.06 bits per heavy atom. The first-order valence-electron chi connectivity index (χ1n) is 5.06. The first-order valence-corrected chi connectivity index (χ1v) is 7.01. The molecule has 1 aromatic rings. The highest BCUT2D eigenvalue weighted by Crippen LogP contribution is 2.22. The van der Waals surface area contributed by atoms with Gasteiger partial charge in [0, 0.05) is 12.3 Å². The molecule has 2 N–H and O–H groups in total. The van der Waals surface area contributed by atoms with Crippen LogP contribution in [0.2, 0.25) is 0 Å². The van der Waals surface area contributed by atoms with Gasteiger partial charge in [0.05, 0.1) is 5.25 Å². The number of halogens is 1. The normalized spacial score (nSPS) is 15.8. The lowest BCUT2D eigenvalue weighted by Crippen LogP contribution is -2.32. The van der Waals surface area contributed by atoms with Gasteiger partial charge in [-0.3, -0.25) is 0 Å². The second-order valence-corrected chi connectivity index (χ2v) is 6.12. The Balaban J connectivity index is 3.05. The quantitative estimate of drug-likeness (QED) is 0.877. The molecule has 90 valence electrons. The molecular weight excluding hydrogens is 229 g/mol. The first-order chi connectivity index (χ1) is 7.36. The summed E-state index contributed by atoms with van der Waals surface area (Å²) in [6, 6.07) is 5.06. The lowest BCUT2D eigenvalue weighted by atomic mass is 10.0. The van der Waals surface area contributed by atoms with Crippen LogP contribution in [-0.2, 0) is 9.84 Å². The molecule has 0 radical (unpaired) electrons. The van der Waals surface area contributed by atoms with E-state index in [1.54, 1.807) is 13.0 Å². The molecule has 2 atom stereocenters. The molecule has 0 aliphatic rings. The zero-order valence-electron chi connectivity index (χ0n) is 9.35. The fourth-order valence-corrected chi connectivity index (χ4v) is 3.05. The molecule has 0 unspecified atom stereocenters. The number of hydrogen-bond acceptors (Lipinski definition) is 3. The molecule has 1 aromatic carbocycles. The molecule has 0 amide bonds. The Morgan fingerprint density at radius 3 is 2.50 bits per heavy atom. The van der Waals surface area contributed by atoms with Crippen molar-refractivity contribution in [3.63, 3.8) is 0 Å². The van der Waals surface area contributed by atoms with E-state index in [9.17, 15) is 12.8 Å². The lowest BCUT2D eigenvalue weighted by molar-refractivity contribution is 0.550. The van der Waals surface area contributed by atoms with Gasteiger partial charge in [-0.2, -0.15) is 0 Å². The maximum absolute atomic E-state index is 13.0. The largest absolute Gasteiger partial charge is 0.323 e. The smallest absolute Gasteiger partial charge is 0.152 e. The standard InChI is InChI=1S/C11H16FNO2S/c1-3-10(16(2,14)15)11(13)8-5-4-6-9(12)7-8/h4-7,10-11H,3,13H2,1-2H3/t10-,11-/m0/s1. The van der Waals surface area contributed by atoms with Crippen molar-refractivity contribution in [1.29, 1.82) is 0 Å². The van der Waals surface area contributed by atoms with Crippen LogP contribution in [0, 0.1) is 5.82 Å². The van der Waals surface area contributed by atoms with Gasteiger partial charge >= 0.3 is 0 Å². The molecule has 0 saturated carbocycles. The van der Waals surface area contributed by atoms with E-state index in [-0.39, 0.29) is 0 Å². The minimum Gasteiger partial charge on any atom is -0.323 e. The number of sulfone groups is 1. The lowest BCUT2D eigenvalue weighted by Gasteiger charge is -2.21. The van der Waals surface area contributed by atoms with Crippen molar-refractivity contribution in [3.8, 4) is 0 Å². The van der Waals surface area contributed by atoms with Crippen molar-refractivity contribution < 1.29 is 12.8 Å². The highest BCUT2D eigenvalue weighted by molar-refractivity contribution is 7.91. The fraction of sp³-hybridized carbons (Fsp3) is 0.455. The number of rotatable bonds is 4. The van der Waals surface area contributed by atoms with Crippen LogP contribution in [0.4, 0.5) is 4.39 Å². The molecule has 16 heavy (non-hydrogen) atoms. The minimum absolute atomic E-state index is 0.406. The third-order valence-electron chi connectivity index (χ3n) is 2.59. The van der Waals surface area contributed by atoms with Crippen LogP contribution in [-0.4, -0.2) is 19.9 Å². The van der Waals surface area contributed by atoms with Gasteiger partial charge in [-0.05, 0) is 24.1 Å². The molecule has 0 aliphatic heterocycles. The Kier molecular flexibility index (Phi) is 4.04. The molecule has 1 rings (SSSR count). The fourth-order valence-electron chi connectivity index (χ4n) is 1.75. The van der Waals surface area contributed by atoms with Crippen molar-refractivity contribution >= 4 is 9.84 Å². The van der Waals surface area contributed by atoms with Crippen LogP contribution in [0.3, 0.4) is 0 Å². The van der Waals surface area contributed by atoms with Crippen LogP contribution in [0.25, 0.3) is 0 Å². The number of hydrogen-bond donors (Lipinski definition) is 1. The summed E-state index contributed by atoms with van der Waals surface area (Å²) < 4.78 is 36.0. The van der Waals surface area contributed by atoms with E-state index in [4.69, 9.17) is 5.73 Å². The van der Waals surface area contributed by atoms with Crippen LogP contribution < -0.4 is 5.73 Å². The van der Waals surface area contributed by atoms with Crippen molar-refractivity contribution in [1.82, 2.24) is 0 Å². The second-order valence-electron chi connectivity index (χ2n) is 3.86. The predicted molar refractivity (Wildman–Crippen MR) is 62.3 cm³/mol. The highest BCUT2D eigenvalue weighted by atomic mass is 32.2. The predicted octanol–water partition coefficient (Wildman–Crippen LogP) is 1.65. The Hall–Kier alpha value is -0.940. The maximum Gasteiger partial charge on any atom is 0.152 e. The van der Waals surface area contributed by atoms with Gasteiger partial charge < -0.3 is 5.73 Å². The molecule has 0 saturated heterocycles. The Morgan fingerprint density at radius 1 is 1.44 bits per heavy atom. The average Bonchev–Trinajstić information content (AvgIpc) is 2.16. The molecule has 0 bridgehead atoms. The van der Waals surface area contributed by atoms with Crippen LogP contribution in [0.5, 0.6) is 0 Å². The summed E-state index contributed by atoms with van der Waals surface area (Å²) in [7, 11) is -3.22. The summed E-state index contributed by atoms with van der Waals surface area (Å²) in [4.78, 5) is 0. The molecule has 0 spiro atoms. The molecule has 0 fully saturated rings. The van der Waals surface area contributed by atoms with Gasteiger partial charge in [-0.1, -0.05) is 19.1 Å².